The number of benzene rings is 1. The van der Waals surface area contributed by atoms with Crippen molar-refractivity contribution < 1.29 is 22.3 Å². The van der Waals surface area contributed by atoms with E-state index in [9.17, 15) is 17.6 Å². The Balaban J connectivity index is 2.17. The van der Waals surface area contributed by atoms with Crippen LogP contribution in [0.5, 0.6) is 0 Å². The lowest BCUT2D eigenvalue weighted by molar-refractivity contribution is 0.0602. The maximum atomic E-state index is 12.8. The minimum absolute atomic E-state index is 0.000920. The molecule has 0 radical (unpaired) electrons. The van der Waals surface area contributed by atoms with Gasteiger partial charge in [0, 0.05) is 6.54 Å². The SMILES string of the molecule is COC(=O)c1sccc1S(=O)(=O)NCc1ccc(F)cc1. The van der Waals surface area contributed by atoms with Crippen LogP contribution in [0.1, 0.15) is 15.2 Å². The number of sulfonamides is 1. The van der Waals surface area contributed by atoms with Crippen molar-refractivity contribution in [3.05, 3.63) is 52.0 Å². The summed E-state index contributed by atoms with van der Waals surface area (Å²) in [6, 6.07) is 6.78. The number of halogens is 1. The van der Waals surface area contributed by atoms with Crippen molar-refractivity contribution in [2.45, 2.75) is 11.4 Å². The summed E-state index contributed by atoms with van der Waals surface area (Å²) < 4.78 is 44.1. The highest BCUT2D eigenvalue weighted by Crippen LogP contribution is 2.22. The van der Waals surface area contributed by atoms with Crippen LogP contribution in [0.3, 0.4) is 0 Å². The maximum Gasteiger partial charge on any atom is 0.349 e. The fourth-order valence-electron chi connectivity index (χ4n) is 1.61. The second-order valence-corrected chi connectivity index (χ2v) is 6.71. The van der Waals surface area contributed by atoms with Crippen LogP contribution < -0.4 is 4.72 Å². The molecule has 2 aromatic rings. The molecule has 0 saturated carbocycles. The van der Waals surface area contributed by atoms with E-state index in [1.165, 1.54) is 42.8 Å². The van der Waals surface area contributed by atoms with Crippen molar-refractivity contribution in [2.24, 2.45) is 0 Å². The number of esters is 1. The zero-order valence-electron chi connectivity index (χ0n) is 11.0. The van der Waals surface area contributed by atoms with E-state index in [1.54, 1.807) is 0 Å². The standard InChI is InChI=1S/C13H12FNO4S2/c1-19-13(16)12-11(6-7-20-12)21(17,18)15-8-9-2-4-10(14)5-3-9/h2-7,15H,8H2,1H3. The Hall–Kier alpha value is -1.77. The van der Waals surface area contributed by atoms with Gasteiger partial charge in [-0.15, -0.1) is 11.3 Å². The molecule has 21 heavy (non-hydrogen) atoms. The smallest absolute Gasteiger partial charge is 0.349 e. The summed E-state index contributed by atoms with van der Waals surface area (Å²) >= 11 is 0.989. The number of carbonyl (C=O) groups is 1. The lowest BCUT2D eigenvalue weighted by atomic mass is 10.2. The van der Waals surface area contributed by atoms with E-state index >= 15 is 0 Å². The highest BCUT2D eigenvalue weighted by molar-refractivity contribution is 7.89. The molecule has 0 atom stereocenters. The minimum Gasteiger partial charge on any atom is -0.465 e. The van der Waals surface area contributed by atoms with Crippen LogP contribution in [0.15, 0.2) is 40.6 Å². The first-order valence-electron chi connectivity index (χ1n) is 5.84. The molecule has 8 heteroatoms. The van der Waals surface area contributed by atoms with E-state index in [1.807, 2.05) is 0 Å². The van der Waals surface area contributed by atoms with Crippen molar-refractivity contribution in [3.8, 4) is 0 Å². The molecule has 1 aromatic carbocycles. The van der Waals surface area contributed by atoms with E-state index < -0.39 is 21.8 Å². The van der Waals surface area contributed by atoms with Crippen molar-refractivity contribution in [3.63, 3.8) is 0 Å². The molecule has 0 aliphatic rings. The normalized spacial score (nSPS) is 11.3. The van der Waals surface area contributed by atoms with Gasteiger partial charge in [-0.2, -0.15) is 0 Å². The molecule has 2 rings (SSSR count). The zero-order chi connectivity index (χ0) is 15.5. The predicted octanol–water partition coefficient (Wildman–Crippen LogP) is 2.15. The van der Waals surface area contributed by atoms with E-state index in [0.29, 0.717) is 5.56 Å². The number of rotatable bonds is 5. The minimum atomic E-state index is -3.85. The van der Waals surface area contributed by atoms with Crippen molar-refractivity contribution in [1.29, 1.82) is 0 Å². The average Bonchev–Trinajstić information content (AvgIpc) is 2.96. The van der Waals surface area contributed by atoms with Crippen molar-refractivity contribution >= 4 is 27.3 Å². The van der Waals surface area contributed by atoms with Gasteiger partial charge in [-0.1, -0.05) is 12.1 Å². The number of hydrogen-bond donors (Lipinski definition) is 1. The van der Waals surface area contributed by atoms with Gasteiger partial charge >= 0.3 is 5.97 Å². The quantitative estimate of drug-likeness (QED) is 0.853. The van der Waals surface area contributed by atoms with Crippen molar-refractivity contribution in [1.82, 2.24) is 4.72 Å². The maximum absolute atomic E-state index is 12.8. The third-order valence-electron chi connectivity index (χ3n) is 2.67. The van der Waals surface area contributed by atoms with E-state index in [0.717, 1.165) is 11.3 Å². The van der Waals surface area contributed by atoms with E-state index in [-0.39, 0.29) is 16.3 Å². The van der Waals surface area contributed by atoms with Gasteiger partial charge < -0.3 is 4.74 Å². The lowest BCUT2D eigenvalue weighted by Crippen LogP contribution is -2.24. The van der Waals surface area contributed by atoms with Crippen LogP contribution in [0, 0.1) is 5.82 Å². The molecular weight excluding hydrogens is 317 g/mol. The van der Waals surface area contributed by atoms with Crippen LogP contribution in [-0.2, 0) is 21.3 Å². The van der Waals surface area contributed by atoms with Gasteiger partial charge in [0.2, 0.25) is 10.0 Å². The number of nitrogens with one attached hydrogen (secondary N) is 1. The second-order valence-electron chi connectivity index (χ2n) is 4.06. The number of hydrogen-bond acceptors (Lipinski definition) is 5. The molecular formula is C13H12FNO4S2. The largest absolute Gasteiger partial charge is 0.465 e. The number of methoxy groups -OCH3 is 1. The molecule has 0 aliphatic carbocycles. The average molecular weight is 329 g/mol. The van der Waals surface area contributed by atoms with Gasteiger partial charge in [0.25, 0.3) is 0 Å². The van der Waals surface area contributed by atoms with Crippen LogP contribution in [0.2, 0.25) is 0 Å². The van der Waals surface area contributed by atoms with Crippen LogP contribution >= 0.6 is 11.3 Å². The summed E-state index contributed by atoms with van der Waals surface area (Å²) in [5.74, 6) is -1.10. The van der Waals surface area contributed by atoms with Crippen LogP contribution in [0.25, 0.3) is 0 Å². The Morgan fingerprint density at radius 1 is 1.29 bits per heavy atom. The van der Waals surface area contributed by atoms with Gasteiger partial charge in [-0.25, -0.2) is 22.3 Å². The molecule has 0 spiro atoms. The molecule has 5 nitrogen and oxygen atoms in total. The number of carbonyl (C=O) groups excluding carboxylic acids is 1. The van der Waals surface area contributed by atoms with Crippen molar-refractivity contribution in [2.75, 3.05) is 7.11 Å². The summed E-state index contributed by atoms with van der Waals surface area (Å²) in [7, 11) is -2.66. The van der Waals surface area contributed by atoms with Gasteiger partial charge in [-0.05, 0) is 29.1 Å². The van der Waals surface area contributed by atoms with Gasteiger partial charge in [0.15, 0.2) is 0 Å². The summed E-state index contributed by atoms with van der Waals surface area (Å²) in [6.07, 6.45) is 0. The number of ether oxygens (including phenoxy) is 1. The Labute approximate surface area is 125 Å². The zero-order valence-corrected chi connectivity index (χ0v) is 12.6. The monoisotopic (exact) mass is 329 g/mol. The van der Waals surface area contributed by atoms with Gasteiger partial charge in [-0.3, -0.25) is 0 Å². The summed E-state index contributed by atoms with van der Waals surface area (Å²) in [6.45, 7) is -0.000920. The van der Waals surface area contributed by atoms with Gasteiger partial charge in [0.05, 0.1) is 7.11 Å². The molecule has 0 fully saturated rings. The molecule has 1 N–H and O–H groups in total. The molecule has 0 amide bonds. The summed E-state index contributed by atoms with van der Waals surface area (Å²) in [4.78, 5) is 11.4. The Morgan fingerprint density at radius 2 is 1.95 bits per heavy atom. The molecule has 0 bridgehead atoms. The molecule has 1 aromatic heterocycles. The Morgan fingerprint density at radius 3 is 2.57 bits per heavy atom. The molecule has 0 aliphatic heterocycles. The molecule has 112 valence electrons. The topological polar surface area (TPSA) is 72.5 Å². The second kappa shape index (κ2) is 6.33. The van der Waals surface area contributed by atoms with Crippen LogP contribution in [-0.4, -0.2) is 21.5 Å². The lowest BCUT2D eigenvalue weighted by Gasteiger charge is -2.07. The highest BCUT2D eigenvalue weighted by Gasteiger charge is 2.24. The summed E-state index contributed by atoms with van der Waals surface area (Å²) in [5, 5.41) is 1.50. The fourth-order valence-corrected chi connectivity index (χ4v) is 3.96. The third-order valence-corrected chi connectivity index (χ3v) is 5.14. The molecule has 1 heterocycles. The Bertz CT molecular complexity index is 738. The van der Waals surface area contributed by atoms with E-state index in [4.69, 9.17) is 0 Å². The number of thiophene rings is 1. The van der Waals surface area contributed by atoms with Crippen LogP contribution in [0.4, 0.5) is 4.39 Å². The first-order chi connectivity index (χ1) is 9.94. The summed E-state index contributed by atoms with van der Waals surface area (Å²) in [5.41, 5.74) is 0.606. The predicted molar refractivity (Wildman–Crippen MR) is 76.1 cm³/mol. The fraction of sp³-hybridized carbons (Fsp3) is 0.154. The molecule has 0 unspecified atom stereocenters. The highest BCUT2D eigenvalue weighted by atomic mass is 32.2. The first-order valence-corrected chi connectivity index (χ1v) is 8.20. The van der Waals surface area contributed by atoms with Gasteiger partial charge in [0.1, 0.15) is 15.6 Å². The third kappa shape index (κ3) is 3.66. The molecule has 0 saturated heterocycles. The first kappa shape index (κ1) is 15.6. The van der Waals surface area contributed by atoms with E-state index in [2.05, 4.69) is 9.46 Å². The Kier molecular flexibility index (Phi) is 4.71.